The van der Waals surface area contributed by atoms with E-state index in [9.17, 15) is 18.4 Å². The van der Waals surface area contributed by atoms with Crippen LogP contribution in [0, 0.1) is 11.6 Å². The number of carbonyl (C=O) groups excluding carboxylic acids is 2. The number of halogens is 2. The topological polar surface area (TPSA) is 52.7 Å². The van der Waals surface area contributed by atoms with Crippen LogP contribution in [-0.4, -0.2) is 29.9 Å². The smallest absolute Gasteiger partial charge is 0.320 e. The second-order valence-electron chi connectivity index (χ2n) is 7.28. The van der Waals surface area contributed by atoms with Crippen molar-refractivity contribution in [1.29, 1.82) is 0 Å². The number of rotatable bonds is 5. The van der Waals surface area contributed by atoms with E-state index in [1.165, 1.54) is 18.2 Å². The molecule has 1 fully saturated rings. The third kappa shape index (κ3) is 4.55. The molecule has 3 aromatic rings. The second-order valence-corrected chi connectivity index (χ2v) is 7.28. The van der Waals surface area contributed by atoms with Crippen molar-refractivity contribution in [2.45, 2.75) is 13.0 Å². The van der Waals surface area contributed by atoms with Gasteiger partial charge in [0.05, 0.1) is 12.2 Å². The zero-order valence-corrected chi connectivity index (χ0v) is 16.7. The van der Waals surface area contributed by atoms with Gasteiger partial charge in [0.1, 0.15) is 11.6 Å². The molecule has 3 aromatic carbocycles. The molecule has 4 rings (SSSR count). The van der Waals surface area contributed by atoms with Gasteiger partial charge in [0.2, 0.25) is 0 Å². The summed E-state index contributed by atoms with van der Waals surface area (Å²) in [6.07, 6.45) is 0.746. The molecule has 0 saturated carbocycles. The molecule has 0 atom stereocenters. The first-order valence-electron chi connectivity index (χ1n) is 9.99. The van der Waals surface area contributed by atoms with Gasteiger partial charge in [-0.2, -0.15) is 0 Å². The second kappa shape index (κ2) is 8.95. The van der Waals surface area contributed by atoms with Gasteiger partial charge in [-0.15, -0.1) is 0 Å². The van der Waals surface area contributed by atoms with Crippen LogP contribution in [0.4, 0.5) is 25.0 Å². The average Bonchev–Trinajstić information content (AvgIpc) is 2.78. The molecule has 0 bridgehead atoms. The Morgan fingerprint density at radius 2 is 1.55 bits per heavy atom. The van der Waals surface area contributed by atoms with Crippen molar-refractivity contribution in [3.8, 4) is 0 Å². The van der Waals surface area contributed by atoms with Crippen LogP contribution in [-0.2, 0) is 6.54 Å². The summed E-state index contributed by atoms with van der Waals surface area (Å²) in [7, 11) is 0. The molecular weight excluding hydrogens is 400 g/mol. The van der Waals surface area contributed by atoms with Gasteiger partial charge in [-0.05, 0) is 48.9 Å². The monoisotopic (exact) mass is 421 g/mol. The maximum Gasteiger partial charge on any atom is 0.324 e. The van der Waals surface area contributed by atoms with Crippen LogP contribution >= 0.6 is 0 Å². The number of anilines is 2. The number of nitrogens with one attached hydrogen (secondary N) is 1. The van der Waals surface area contributed by atoms with Crippen molar-refractivity contribution in [2.24, 2.45) is 0 Å². The molecule has 0 spiro atoms. The molecular formula is C24H21F2N3O2. The van der Waals surface area contributed by atoms with E-state index < -0.39 is 11.7 Å². The molecule has 0 aromatic heterocycles. The van der Waals surface area contributed by atoms with Crippen LogP contribution in [0.3, 0.4) is 0 Å². The van der Waals surface area contributed by atoms with E-state index in [1.807, 2.05) is 0 Å². The van der Waals surface area contributed by atoms with Gasteiger partial charge in [0, 0.05) is 29.9 Å². The summed E-state index contributed by atoms with van der Waals surface area (Å²) in [6, 6.07) is 18.7. The zero-order valence-electron chi connectivity index (χ0n) is 16.7. The van der Waals surface area contributed by atoms with Gasteiger partial charge in [-0.1, -0.05) is 30.3 Å². The van der Waals surface area contributed by atoms with E-state index in [2.05, 4.69) is 5.32 Å². The summed E-state index contributed by atoms with van der Waals surface area (Å²) in [4.78, 5) is 28.6. The van der Waals surface area contributed by atoms with Crippen molar-refractivity contribution >= 4 is 23.3 Å². The minimum atomic E-state index is -0.513. The highest BCUT2D eigenvalue weighted by atomic mass is 19.1. The van der Waals surface area contributed by atoms with Crippen LogP contribution in [0.25, 0.3) is 0 Å². The van der Waals surface area contributed by atoms with Gasteiger partial charge in [-0.25, -0.2) is 13.6 Å². The highest BCUT2D eigenvalue weighted by molar-refractivity contribution is 6.04. The third-order valence-electron chi connectivity index (χ3n) is 5.19. The maximum absolute atomic E-state index is 14.0. The lowest BCUT2D eigenvalue weighted by Crippen LogP contribution is -2.49. The highest BCUT2D eigenvalue weighted by Crippen LogP contribution is 2.23. The number of nitrogens with zero attached hydrogens (tertiary/aromatic N) is 2. The normalized spacial score (nSPS) is 13.9. The molecule has 5 nitrogen and oxygen atoms in total. The predicted molar refractivity (Wildman–Crippen MR) is 115 cm³/mol. The summed E-state index contributed by atoms with van der Waals surface area (Å²) in [6.45, 7) is 1.28. The minimum Gasteiger partial charge on any atom is -0.320 e. The number of hydrogen-bond donors (Lipinski definition) is 1. The molecule has 7 heteroatoms. The highest BCUT2D eigenvalue weighted by Gasteiger charge is 2.27. The number of amides is 3. The molecule has 1 aliphatic rings. The lowest BCUT2D eigenvalue weighted by atomic mass is 10.1. The van der Waals surface area contributed by atoms with Crippen molar-refractivity contribution in [1.82, 2.24) is 4.90 Å². The number of benzene rings is 3. The van der Waals surface area contributed by atoms with Crippen molar-refractivity contribution in [2.75, 3.05) is 23.3 Å². The SMILES string of the molecule is O=C(Nc1ccccc1F)c1ccc(N2CCCN(Cc3ccccc3F)C2=O)cc1. The number of carbonyl (C=O) groups is 2. The van der Waals surface area contributed by atoms with E-state index in [1.54, 1.807) is 64.4 Å². The molecule has 0 unspecified atom stereocenters. The Morgan fingerprint density at radius 1 is 0.871 bits per heavy atom. The van der Waals surface area contributed by atoms with Gasteiger partial charge in [0.25, 0.3) is 5.91 Å². The van der Waals surface area contributed by atoms with E-state index >= 15 is 0 Å². The van der Waals surface area contributed by atoms with Crippen molar-refractivity contribution in [3.05, 3.63) is 95.6 Å². The fraction of sp³-hybridized carbons (Fsp3) is 0.167. The van der Waals surface area contributed by atoms with Crippen LogP contribution < -0.4 is 10.2 Å². The van der Waals surface area contributed by atoms with E-state index in [-0.39, 0.29) is 24.1 Å². The maximum atomic E-state index is 14.0. The fourth-order valence-corrected chi connectivity index (χ4v) is 3.55. The first-order valence-corrected chi connectivity index (χ1v) is 9.99. The van der Waals surface area contributed by atoms with E-state index in [0.29, 0.717) is 29.9 Å². The molecule has 1 aliphatic heterocycles. The zero-order chi connectivity index (χ0) is 21.8. The molecule has 158 valence electrons. The summed E-state index contributed by atoms with van der Waals surface area (Å²) in [5, 5.41) is 2.54. The molecule has 1 N–H and O–H groups in total. The van der Waals surface area contributed by atoms with Crippen LogP contribution in [0.2, 0.25) is 0 Å². The first-order chi connectivity index (χ1) is 15.0. The predicted octanol–water partition coefficient (Wildman–Crippen LogP) is 5.05. The van der Waals surface area contributed by atoms with Crippen LogP contribution in [0.15, 0.2) is 72.8 Å². The Morgan fingerprint density at radius 3 is 2.26 bits per heavy atom. The largest absolute Gasteiger partial charge is 0.324 e. The fourth-order valence-electron chi connectivity index (χ4n) is 3.55. The molecule has 1 saturated heterocycles. The number of urea groups is 1. The number of para-hydroxylation sites is 1. The van der Waals surface area contributed by atoms with Gasteiger partial charge < -0.3 is 10.2 Å². The number of hydrogen-bond acceptors (Lipinski definition) is 2. The quantitative estimate of drug-likeness (QED) is 0.627. The summed E-state index contributed by atoms with van der Waals surface area (Å²) in [5.74, 6) is -1.29. The van der Waals surface area contributed by atoms with Crippen molar-refractivity contribution in [3.63, 3.8) is 0 Å². The Kier molecular flexibility index (Phi) is 5.93. The van der Waals surface area contributed by atoms with E-state index in [0.717, 1.165) is 6.42 Å². The van der Waals surface area contributed by atoms with Crippen LogP contribution in [0.5, 0.6) is 0 Å². The Balaban J connectivity index is 1.45. The third-order valence-corrected chi connectivity index (χ3v) is 5.19. The summed E-state index contributed by atoms with van der Waals surface area (Å²) in [5.41, 5.74) is 1.56. The molecule has 3 amide bonds. The van der Waals surface area contributed by atoms with E-state index in [4.69, 9.17) is 0 Å². The standard InChI is InChI=1S/C24H21F2N3O2/c25-20-7-2-1-6-18(20)16-28-14-5-15-29(24(28)31)19-12-10-17(11-13-19)23(30)27-22-9-4-3-8-21(22)26/h1-4,6-13H,5,14-16H2,(H,27,30). The Hall–Kier alpha value is -3.74. The van der Waals surface area contributed by atoms with Gasteiger partial charge in [-0.3, -0.25) is 9.69 Å². The molecule has 1 heterocycles. The lowest BCUT2D eigenvalue weighted by molar-refractivity contribution is 0.102. The summed E-state index contributed by atoms with van der Waals surface area (Å²) < 4.78 is 27.7. The molecule has 0 aliphatic carbocycles. The lowest BCUT2D eigenvalue weighted by Gasteiger charge is -2.35. The molecule has 31 heavy (non-hydrogen) atoms. The van der Waals surface area contributed by atoms with Crippen LogP contribution in [0.1, 0.15) is 22.3 Å². The Labute approximate surface area is 178 Å². The Bertz CT molecular complexity index is 1100. The molecule has 0 radical (unpaired) electrons. The average molecular weight is 421 g/mol. The van der Waals surface area contributed by atoms with Gasteiger partial charge >= 0.3 is 6.03 Å². The van der Waals surface area contributed by atoms with Crippen molar-refractivity contribution < 1.29 is 18.4 Å². The minimum absolute atomic E-state index is 0.103. The first kappa shape index (κ1) is 20.5. The summed E-state index contributed by atoms with van der Waals surface area (Å²) >= 11 is 0. The van der Waals surface area contributed by atoms with Gasteiger partial charge in [0.15, 0.2) is 0 Å².